The van der Waals surface area contributed by atoms with Crippen LogP contribution in [0.25, 0.3) is 0 Å². The van der Waals surface area contributed by atoms with E-state index in [4.69, 9.17) is 5.26 Å². The van der Waals surface area contributed by atoms with Crippen LogP contribution < -0.4 is 0 Å². The molecular weight excluding hydrogens is 251 g/mol. The van der Waals surface area contributed by atoms with Gasteiger partial charge in [-0.05, 0) is 35.7 Å². The van der Waals surface area contributed by atoms with Gasteiger partial charge in [-0.1, -0.05) is 30.3 Å². The summed E-state index contributed by atoms with van der Waals surface area (Å²) in [5, 5.41) is 8.95. The quantitative estimate of drug-likeness (QED) is 0.796. The molecule has 0 amide bonds. The second-order valence-electron chi connectivity index (χ2n) is 4.14. The molecule has 1 nitrogen and oxygen atoms in total. The molecule has 0 atom stereocenters. The predicted molar refractivity (Wildman–Crippen MR) is 65.4 cm³/mol. The van der Waals surface area contributed by atoms with Gasteiger partial charge in [0.1, 0.15) is 0 Å². The first-order valence-electron chi connectivity index (χ1n) is 5.65. The summed E-state index contributed by atoms with van der Waals surface area (Å²) in [6.45, 7) is 0. The van der Waals surface area contributed by atoms with Crippen molar-refractivity contribution in [3.63, 3.8) is 0 Å². The Balaban J connectivity index is 2.23. The number of nitrogens with zero attached hydrogens (tertiary/aromatic N) is 1. The normalized spacial score (nSPS) is 11.1. The second-order valence-corrected chi connectivity index (χ2v) is 4.14. The molecule has 0 fully saturated rings. The zero-order chi connectivity index (χ0) is 13.9. The SMILES string of the molecule is N#Cc1ccccc1Cc1ccc(C(F)(F)F)cc1. The van der Waals surface area contributed by atoms with Gasteiger partial charge in [0, 0.05) is 0 Å². The van der Waals surface area contributed by atoms with E-state index in [2.05, 4.69) is 6.07 Å². The van der Waals surface area contributed by atoms with Crippen LogP contribution in [0.3, 0.4) is 0 Å². The van der Waals surface area contributed by atoms with E-state index >= 15 is 0 Å². The summed E-state index contributed by atoms with van der Waals surface area (Å²) >= 11 is 0. The Morgan fingerprint density at radius 1 is 0.947 bits per heavy atom. The fourth-order valence-corrected chi connectivity index (χ4v) is 1.82. The fraction of sp³-hybridized carbons (Fsp3) is 0.133. The molecule has 0 aliphatic rings. The molecule has 0 spiro atoms. The molecule has 0 saturated carbocycles. The summed E-state index contributed by atoms with van der Waals surface area (Å²) in [5.41, 5.74) is 1.44. The number of hydrogen-bond donors (Lipinski definition) is 0. The fourth-order valence-electron chi connectivity index (χ4n) is 1.82. The van der Waals surface area contributed by atoms with Crippen molar-refractivity contribution < 1.29 is 13.2 Å². The Morgan fingerprint density at radius 3 is 2.16 bits per heavy atom. The van der Waals surface area contributed by atoms with Gasteiger partial charge in [0.15, 0.2) is 0 Å². The number of hydrogen-bond acceptors (Lipinski definition) is 1. The molecule has 0 heterocycles. The van der Waals surface area contributed by atoms with Gasteiger partial charge < -0.3 is 0 Å². The summed E-state index contributed by atoms with van der Waals surface area (Å²) in [6.07, 6.45) is -3.87. The molecule has 0 bridgehead atoms. The van der Waals surface area contributed by atoms with Crippen molar-refractivity contribution >= 4 is 0 Å². The van der Waals surface area contributed by atoms with Crippen molar-refractivity contribution in [1.29, 1.82) is 5.26 Å². The molecule has 0 radical (unpaired) electrons. The molecule has 0 aromatic heterocycles. The van der Waals surface area contributed by atoms with Gasteiger partial charge in [-0.25, -0.2) is 0 Å². The molecule has 0 unspecified atom stereocenters. The first-order valence-corrected chi connectivity index (χ1v) is 5.65. The maximum atomic E-state index is 12.4. The highest BCUT2D eigenvalue weighted by Gasteiger charge is 2.29. The second kappa shape index (κ2) is 5.15. The predicted octanol–water partition coefficient (Wildman–Crippen LogP) is 4.17. The number of alkyl halides is 3. The Hall–Kier alpha value is -2.28. The van der Waals surface area contributed by atoms with E-state index in [1.165, 1.54) is 12.1 Å². The van der Waals surface area contributed by atoms with Crippen LogP contribution in [0.4, 0.5) is 13.2 Å². The monoisotopic (exact) mass is 261 g/mol. The summed E-state index contributed by atoms with van der Waals surface area (Å²) in [7, 11) is 0. The number of rotatable bonds is 2. The molecule has 96 valence electrons. The molecule has 2 aromatic carbocycles. The lowest BCUT2D eigenvalue weighted by Crippen LogP contribution is -2.04. The van der Waals surface area contributed by atoms with E-state index in [-0.39, 0.29) is 0 Å². The zero-order valence-corrected chi connectivity index (χ0v) is 9.91. The molecule has 2 rings (SSSR count). The topological polar surface area (TPSA) is 23.8 Å². The van der Waals surface area contributed by atoms with Gasteiger partial charge in [0.2, 0.25) is 0 Å². The van der Waals surface area contributed by atoms with Crippen LogP contribution in [0.1, 0.15) is 22.3 Å². The zero-order valence-electron chi connectivity index (χ0n) is 9.91. The molecule has 2 aromatic rings. The standard InChI is InChI=1S/C15H10F3N/c16-15(17,18)14-7-5-11(6-8-14)9-12-3-1-2-4-13(12)10-19/h1-8H,9H2. The summed E-state index contributed by atoms with van der Waals surface area (Å²) in [6, 6.07) is 14.1. The highest BCUT2D eigenvalue weighted by molar-refractivity contribution is 5.40. The minimum atomic E-state index is -4.32. The van der Waals surface area contributed by atoms with Crippen LogP contribution in [0, 0.1) is 11.3 Å². The van der Waals surface area contributed by atoms with Crippen LogP contribution in [-0.4, -0.2) is 0 Å². The first-order chi connectivity index (χ1) is 9.00. The van der Waals surface area contributed by atoms with Crippen molar-refractivity contribution in [3.05, 3.63) is 70.8 Å². The maximum absolute atomic E-state index is 12.4. The highest BCUT2D eigenvalue weighted by atomic mass is 19.4. The van der Waals surface area contributed by atoms with Gasteiger partial charge >= 0.3 is 6.18 Å². The van der Waals surface area contributed by atoms with Crippen LogP contribution in [0.2, 0.25) is 0 Å². The molecule has 19 heavy (non-hydrogen) atoms. The third kappa shape index (κ3) is 3.14. The van der Waals surface area contributed by atoms with E-state index in [0.29, 0.717) is 12.0 Å². The molecule has 0 aliphatic carbocycles. The summed E-state index contributed by atoms with van der Waals surface area (Å²) in [5.74, 6) is 0. The highest BCUT2D eigenvalue weighted by Crippen LogP contribution is 2.29. The lowest BCUT2D eigenvalue weighted by atomic mass is 9.99. The number of benzene rings is 2. The molecule has 0 aliphatic heterocycles. The molecular formula is C15H10F3N. The minimum Gasteiger partial charge on any atom is -0.192 e. The van der Waals surface area contributed by atoms with E-state index in [0.717, 1.165) is 23.3 Å². The first kappa shape index (κ1) is 13.2. The van der Waals surface area contributed by atoms with Gasteiger partial charge in [-0.15, -0.1) is 0 Å². The average Bonchev–Trinajstić information content (AvgIpc) is 2.39. The summed E-state index contributed by atoms with van der Waals surface area (Å²) in [4.78, 5) is 0. The lowest BCUT2D eigenvalue weighted by Gasteiger charge is -2.08. The van der Waals surface area contributed by atoms with Gasteiger partial charge in [0.25, 0.3) is 0 Å². The largest absolute Gasteiger partial charge is 0.416 e. The van der Waals surface area contributed by atoms with Gasteiger partial charge in [-0.2, -0.15) is 18.4 Å². The third-order valence-electron chi connectivity index (χ3n) is 2.81. The molecule has 4 heteroatoms. The van der Waals surface area contributed by atoms with Crippen LogP contribution in [-0.2, 0) is 12.6 Å². The lowest BCUT2D eigenvalue weighted by molar-refractivity contribution is -0.137. The Labute approximate surface area is 108 Å². The smallest absolute Gasteiger partial charge is 0.192 e. The third-order valence-corrected chi connectivity index (χ3v) is 2.81. The summed E-state index contributed by atoms with van der Waals surface area (Å²) < 4.78 is 37.3. The number of nitriles is 1. The van der Waals surface area contributed by atoms with E-state index in [1.54, 1.807) is 24.3 Å². The molecule has 0 N–H and O–H groups in total. The van der Waals surface area contributed by atoms with Crippen molar-refractivity contribution in [2.24, 2.45) is 0 Å². The van der Waals surface area contributed by atoms with Gasteiger partial charge in [-0.3, -0.25) is 0 Å². The van der Waals surface area contributed by atoms with Crippen molar-refractivity contribution in [3.8, 4) is 6.07 Å². The van der Waals surface area contributed by atoms with Crippen LogP contribution >= 0.6 is 0 Å². The van der Waals surface area contributed by atoms with E-state index in [1.807, 2.05) is 0 Å². The minimum absolute atomic E-state index is 0.446. The Morgan fingerprint density at radius 2 is 1.58 bits per heavy atom. The van der Waals surface area contributed by atoms with Crippen molar-refractivity contribution in [2.45, 2.75) is 12.6 Å². The Kier molecular flexibility index (Phi) is 3.57. The number of halogens is 3. The van der Waals surface area contributed by atoms with Gasteiger partial charge in [0.05, 0.1) is 17.2 Å². The van der Waals surface area contributed by atoms with Crippen LogP contribution in [0.5, 0.6) is 0 Å². The maximum Gasteiger partial charge on any atom is 0.416 e. The van der Waals surface area contributed by atoms with E-state index in [9.17, 15) is 13.2 Å². The van der Waals surface area contributed by atoms with Crippen LogP contribution in [0.15, 0.2) is 48.5 Å². The van der Waals surface area contributed by atoms with Crippen molar-refractivity contribution in [1.82, 2.24) is 0 Å². The average molecular weight is 261 g/mol. The Bertz CT molecular complexity index is 607. The van der Waals surface area contributed by atoms with E-state index < -0.39 is 11.7 Å². The van der Waals surface area contributed by atoms with Crippen molar-refractivity contribution in [2.75, 3.05) is 0 Å². The molecule has 0 saturated heterocycles.